The Labute approximate surface area is 103 Å². The molecule has 0 aliphatic carbocycles. The fraction of sp³-hybridized carbons (Fsp3) is 0.500. The van der Waals surface area contributed by atoms with E-state index in [4.69, 9.17) is 0 Å². The second-order valence-corrected chi connectivity index (χ2v) is 6.01. The molecule has 5 heteroatoms. The van der Waals surface area contributed by atoms with E-state index in [1.165, 1.54) is 0 Å². The van der Waals surface area contributed by atoms with Crippen LogP contribution < -0.4 is 10.0 Å². The number of rotatable bonds is 7. The first-order valence-corrected chi connectivity index (χ1v) is 7.36. The molecule has 0 aliphatic heterocycles. The summed E-state index contributed by atoms with van der Waals surface area (Å²) in [5.74, 6) is 0.166. The maximum absolute atomic E-state index is 11.6. The highest BCUT2D eigenvalue weighted by atomic mass is 32.2. The van der Waals surface area contributed by atoms with Crippen molar-refractivity contribution in [2.75, 3.05) is 19.3 Å². The molecule has 0 aliphatic rings. The highest BCUT2D eigenvalue weighted by Crippen LogP contribution is 2.04. The fourth-order valence-corrected chi connectivity index (χ4v) is 2.58. The maximum Gasteiger partial charge on any atom is 0.211 e. The first-order valence-electron chi connectivity index (χ1n) is 5.71. The van der Waals surface area contributed by atoms with E-state index in [2.05, 4.69) is 10.0 Å². The molecule has 0 bridgehead atoms. The quantitative estimate of drug-likeness (QED) is 0.716. The summed E-state index contributed by atoms with van der Waals surface area (Å²) in [6.07, 6.45) is 0.625. The largest absolute Gasteiger partial charge is 0.320 e. The van der Waals surface area contributed by atoms with E-state index in [-0.39, 0.29) is 5.75 Å². The van der Waals surface area contributed by atoms with Gasteiger partial charge in [-0.1, -0.05) is 29.8 Å². The van der Waals surface area contributed by atoms with Crippen LogP contribution in [0.3, 0.4) is 0 Å². The van der Waals surface area contributed by atoms with Crippen molar-refractivity contribution in [3.8, 4) is 0 Å². The number of benzene rings is 1. The van der Waals surface area contributed by atoms with Crippen molar-refractivity contribution < 1.29 is 8.42 Å². The third-order valence-electron chi connectivity index (χ3n) is 2.42. The van der Waals surface area contributed by atoms with Gasteiger partial charge in [-0.25, -0.2) is 13.1 Å². The van der Waals surface area contributed by atoms with E-state index < -0.39 is 10.0 Å². The van der Waals surface area contributed by atoms with Crippen LogP contribution in [0.5, 0.6) is 0 Å². The van der Waals surface area contributed by atoms with Crippen LogP contribution in [0.4, 0.5) is 0 Å². The van der Waals surface area contributed by atoms with Gasteiger partial charge in [-0.15, -0.1) is 0 Å². The fourth-order valence-electron chi connectivity index (χ4n) is 1.53. The Morgan fingerprint density at radius 3 is 2.71 bits per heavy atom. The summed E-state index contributed by atoms with van der Waals surface area (Å²) >= 11 is 0. The van der Waals surface area contributed by atoms with Gasteiger partial charge in [0.25, 0.3) is 0 Å². The summed E-state index contributed by atoms with van der Waals surface area (Å²) in [5.41, 5.74) is 2.12. The molecule has 0 atom stereocenters. The summed E-state index contributed by atoms with van der Waals surface area (Å²) in [6.45, 7) is 3.07. The Bertz CT molecular complexity index is 444. The molecule has 96 valence electrons. The zero-order valence-electron chi connectivity index (χ0n) is 10.4. The maximum atomic E-state index is 11.6. The van der Waals surface area contributed by atoms with E-state index in [0.29, 0.717) is 19.5 Å². The Kier molecular flexibility index (Phi) is 5.61. The highest BCUT2D eigenvalue weighted by Gasteiger charge is 2.08. The van der Waals surface area contributed by atoms with Crippen LogP contribution in [0.2, 0.25) is 0 Å². The standard InChI is InChI=1S/C12H20N2O2S/c1-11-5-3-6-12(9-11)10-14-17(15,16)8-4-7-13-2/h3,5-6,9,13-14H,4,7-8,10H2,1-2H3. The van der Waals surface area contributed by atoms with E-state index in [1.807, 2.05) is 38.2 Å². The lowest BCUT2D eigenvalue weighted by atomic mass is 10.1. The minimum absolute atomic E-state index is 0.166. The highest BCUT2D eigenvalue weighted by molar-refractivity contribution is 7.89. The summed E-state index contributed by atoms with van der Waals surface area (Å²) in [4.78, 5) is 0. The van der Waals surface area contributed by atoms with Gasteiger partial charge in [0.15, 0.2) is 0 Å². The van der Waals surface area contributed by atoms with Crippen molar-refractivity contribution in [3.05, 3.63) is 35.4 Å². The molecule has 0 radical (unpaired) electrons. The molecule has 0 amide bonds. The molecule has 4 nitrogen and oxygen atoms in total. The first kappa shape index (κ1) is 14.2. The zero-order chi connectivity index (χ0) is 12.7. The molecule has 2 N–H and O–H groups in total. The predicted octanol–water partition coefficient (Wildman–Crippen LogP) is 1.02. The molecule has 17 heavy (non-hydrogen) atoms. The number of hydrogen-bond acceptors (Lipinski definition) is 3. The third kappa shape index (κ3) is 5.81. The molecule has 0 saturated heterocycles. The smallest absolute Gasteiger partial charge is 0.211 e. The van der Waals surface area contributed by atoms with Gasteiger partial charge in [0.2, 0.25) is 10.0 Å². The average molecular weight is 256 g/mol. The van der Waals surface area contributed by atoms with Crippen molar-refractivity contribution in [2.45, 2.75) is 19.9 Å². The van der Waals surface area contributed by atoms with Gasteiger partial charge >= 0.3 is 0 Å². The number of sulfonamides is 1. The molecule has 0 spiro atoms. The van der Waals surface area contributed by atoms with Crippen LogP contribution in [0.25, 0.3) is 0 Å². The molecule has 0 aromatic heterocycles. The molecule has 0 fully saturated rings. The molecule has 1 rings (SSSR count). The second kappa shape index (κ2) is 6.74. The summed E-state index contributed by atoms with van der Waals surface area (Å²) < 4.78 is 25.9. The molecular formula is C12H20N2O2S. The molecule has 1 aromatic carbocycles. The van der Waals surface area contributed by atoms with Crippen LogP contribution in [0.15, 0.2) is 24.3 Å². The Morgan fingerprint density at radius 1 is 1.29 bits per heavy atom. The van der Waals surface area contributed by atoms with Crippen molar-refractivity contribution in [3.63, 3.8) is 0 Å². The predicted molar refractivity (Wildman–Crippen MR) is 70.3 cm³/mol. The van der Waals surface area contributed by atoms with Gasteiger partial charge in [0.05, 0.1) is 5.75 Å². The number of nitrogens with one attached hydrogen (secondary N) is 2. The van der Waals surface area contributed by atoms with Gasteiger partial charge in [-0.3, -0.25) is 0 Å². The second-order valence-electron chi connectivity index (χ2n) is 4.09. The lowest BCUT2D eigenvalue weighted by Crippen LogP contribution is -2.27. The summed E-state index contributed by atoms with van der Waals surface area (Å²) in [5, 5.41) is 2.93. The van der Waals surface area contributed by atoms with E-state index >= 15 is 0 Å². The third-order valence-corrected chi connectivity index (χ3v) is 3.83. The van der Waals surface area contributed by atoms with E-state index in [1.54, 1.807) is 0 Å². The van der Waals surface area contributed by atoms with Crippen molar-refractivity contribution in [1.29, 1.82) is 0 Å². The molecular weight excluding hydrogens is 236 g/mol. The number of hydrogen-bond donors (Lipinski definition) is 2. The molecule has 1 aromatic rings. The summed E-state index contributed by atoms with van der Waals surface area (Å²) in [7, 11) is -1.34. The van der Waals surface area contributed by atoms with Gasteiger partial charge < -0.3 is 5.32 Å². The lowest BCUT2D eigenvalue weighted by molar-refractivity contribution is 0.577. The van der Waals surface area contributed by atoms with Crippen LogP contribution in [0, 0.1) is 6.92 Å². The summed E-state index contributed by atoms with van der Waals surface area (Å²) in [6, 6.07) is 7.82. The Hall–Kier alpha value is -0.910. The molecule has 0 saturated carbocycles. The minimum Gasteiger partial charge on any atom is -0.320 e. The van der Waals surface area contributed by atoms with Gasteiger partial charge in [0, 0.05) is 6.54 Å². The van der Waals surface area contributed by atoms with Gasteiger partial charge in [-0.2, -0.15) is 0 Å². The van der Waals surface area contributed by atoms with Crippen molar-refractivity contribution >= 4 is 10.0 Å². The monoisotopic (exact) mass is 256 g/mol. The van der Waals surface area contributed by atoms with Crippen LogP contribution in [-0.4, -0.2) is 27.8 Å². The topological polar surface area (TPSA) is 58.2 Å². The van der Waals surface area contributed by atoms with Crippen LogP contribution in [-0.2, 0) is 16.6 Å². The van der Waals surface area contributed by atoms with Crippen LogP contribution in [0.1, 0.15) is 17.5 Å². The lowest BCUT2D eigenvalue weighted by Gasteiger charge is -2.07. The average Bonchev–Trinajstić information content (AvgIpc) is 2.27. The first-order chi connectivity index (χ1) is 8.03. The van der Waals surface area contributed by atoms with E-state index in [0.717, 1.165) is 11.1 Å². The molecule has 0 heterocycles. The number of aryl methyl sites for hydroxylation is 1. The van der Waals surface area contributed by atoms with E-state index in [9.17, 15) is 8.42 Å². The zero-order valence-corrected chi connectivity index (χ0v) is 11.2. The SMILES string of the molecule is CNCCCS(=O)(=O)NCc1cccc(C)c1. The van der Waals surface area contributed by atoms with Crippen molar-refractivity contribution in [1.82, 2.24) is 10.0 Å². The normalized spacial score (nSPS) is 11.6. The Morgan fingerprint density at radius 2 is 2.06 bits per heavy atom. The Balaban J connectivity index is 2.44. The van der Waals surface area contributed by atoms with Crippen molar-refractivity contribution in [2.24, 2.45) is 0 Å². The molecule has 0 unspecified atom stereocenters. The van der Waals surface area contributed by atoms with Gasteiger partial charge in [0.1, 0.15) is 0 Å². The van der Waals surface area contributed by atoms with Crippen LogP contribution >= 0.6 is 0 Å². The minimum atomic E-state index is -3.15. The van der Waals surface area contributed by atoms with Gasteiger partial charge in [-0.05, 0) is 32.5 Å².